The predicted molar refractivity (Wildman–Crippen MR) is 58.1 cm³/mol. The highest BCUT2D eigenvalue weighted by atomic mass is 16.5. The van der Waals surface area contributed by atoms with E-state index in [4.69, 9.17) is 4.74 Å². The summed E-state index contributed by atoms with van der Waals surface area (Å²) < 4.78 is 4.74. The lowest BCUT2D eigenvalue weighted by Gasteiger charge is -2.19. The molecule has 0 aliphatic carbocycles. The second-order valence-corrected chi connectivity index (χ2v) is 4.51. The van der Waals surface area contributed by atoms with E-state index in [0.717, 1.165) is 13.0 Å². The Morgan fingerprint density at radius 2 is 1.79 bits per heavy atom. The molecule has 3 heteroatoms. The maximum absolute atomic E-state index is 11.4. The lowest BCUT2D eigenvalue weighted by atomic mass is 10.0. The number of hydrogen-bond acceptors (Lipinski definition) is 3. The van der Waals surface area contributed by atoms with Crippen molar-refractivity contribution >= 4 is 5.97 Å². The highest BCUT2D eigenvalue weighted by Crippen LogP contribution is 2.06. The summed E-state index contributed by atoms with van der Waals surface area (Å²) >= 11 is 0. The summed E-state index contributed by atoms with van der Waals surface area (Å²) in [5, 5.41) is 3.23. The van der Waals surface area contributed by atoms with E-state index >= 15 is 0 Å². The van der Waals surface area contributed by atoms with Crippen molar-refractivity contribution in [1.82, 2.24) is 5.32 Å². The molecule has 0 saturated heterocycles. The number of hydrogen-bond donors (Lipinski definition) is 1. The minimum absolute atomic E-state index is 0.151. The normalized spacial score (nSPS) is 13.4. The Morgan fingerprint density at radius 1 is 1.21 bits per heavy atom. The summed E-state index contributed by atoms with van der Waals surface area (Å²) in [6.07, 6.45) is 0.833. The highest BCUT2D eigenvalue weighted by Gasteiger charge is 2.19. The van der Waals surface area contributed by atoms with E-state index in [1.165, 1.54) is 7.11 Å². The van der Waals surface area contributed by atoms with Crippen LogP contribution in [0.5, 0.6) is 0 Å². The molecule has 0 aromatic rings. The third-order valence-corrected chi connectivity index (χ3v) is 1.97. The predicted octanol–water partition coefficient (Wildman–Crippen LogP) is 1.82. The van der Waals surface area contributed by atoms with Crippen molar-refractivity contribution in [2.75, 3.05) is 13.7 Å². The van der Waals surface area contributed by atoms with E-state index in [2.05, 4.69) is 33.0 Å². The lowest BCUT2D eigenvalue weighted by molar-refractivity contribution is -0.143. The summed E-state index contributed by atoms with van der Waals surface area (Å²) in [4.78, 5) is 11.4. The van der Waals surface area contributed by atoms with E-state index in [1.54, 1.807) is 0 Å². The molecule has 0 bridgehead atoms. The van der Waals surface area contributed by atoms with Crippen LogP contribution in [0, 0.1) is 11.8 Å². The van der Waals surface area contributed by atoms with Gasteiger partial charge in [-0.3, -0.25) is 4.79 Å². The molecule has 0 aliphatic rings. The van der Waals surface area contributed by atoms with Gasteiger partial charge < -0.3 is 10.1 Å². The number of carbonyl (C=O) groups excluding carboxylic acids is 1. The van der Waals surface area contributed by atoms with Crippen molar-refractivity contribution in [2.24, 2.45) is 11.8 Å². The van der Waals surface area contributed by atoms with Gasteiger partial charge in [-0.1, -0.05) is 27.7 Å². The molecule has 1 unspecified atom stereocenters. The minimum Gasteiger partial charge on any atom is -0.468 e. The first-order valence-corrected chi connectivity index (χ1v) is 5.28. The van der Waals surface area contributed by atoms with E-state index < -0.39 is 0 Å². The Balaban J connectivity index is 4.04. The largest absolute Gasteiger partial charge is 0.468 e. The molecule has 0 amide bonds. The van der Waals surface area contributed by atoms with E-state index in [9.17, 15) is 4.79 Å². The van der Waals surface area contributed by atoms with Crippen molar-refractivity contribution in [3.8, 4) is 0 Å². The summed E-state index contributed by atoms with van der Waals surface area (Å²) in [6.45, 7) is 9.31. The molecule has 0 saturated carbocycles. The molecule has 0 aromatic carbocycles. The van der Waals surface area contributed by atoms with Gasteiger partial charge in [-0.2, -0.15) is 0 Å². The van der Waals surface area contributed by atoms with Crippen molar-refractivity contribution in [1.29, 1.82) is 0 Å². The Bertz CT molecular complexity index is 167. The lowest BCUT2D eigenvalue weighted by Crippen LogP contribution is -2.40. The SMILES string of the molecule is COC(=O)C(CC(C)C)NCC(C)C. The summed E-state index contributed by atoms with van der Waals surface area (Å²) in [7, 11) is 1.44. The van der Waals surface area contributed by atoms with Crippen LogP contribution in [0.2, 0.25) is 0 Å². The van der Waals surface area contributed by atoms with Crippen LogP contribution in [-0.2, 0) is 9.53 Å². The van der Waals surface area contributed by atoms with Gasteiger partial charge in [0.2, 0.25) is 0 Å². The molecule has 0 aliphatic heterocycles. The van der Waals surface area contributed by atoms with Gasteiger partial charge in [0.1, 0.15) is 6.04 Å². The van der Waals surface area contributed by atoms with Gasteiger partial charge >= 0.3 is 5.97 Å². The number of esters is 1. The number of carbonyl (C=O) groups is 1. The monoisotopic (exact) mass is 201 g/mol. The minimum atomic E-state index is -0.153. The zero-order chi connectivity index (χ0) is 11.1. The summed E-state index contributed by atoms with van der Waals surface area (Å²) in [6, 6.07) is -0.151. The third-order valence-electron chi connectivity index (χ3n) is 1.97. The standard InChI is InChI=1S/C11H23NO2/c1-8(2)6-10(11(13)14-5)12-7-9(3)4/h8-10,12H,6-7H2,1-5H3. The second-order valence-electron chi connectivity index (χ2n) is 4.51. The van der Waals surface area contributed by atoms with Gasteiger partial charge in [-0.25, -0.2) is 0 Å². The third kappa shape index (κ3) is 5.97. The molecule has 0 radical (unpaired) electrons. The topological polar surface area (TPSA) is 38.3 Å². The van der Waals surface area contributed by atoms with Crippen LogP contribution in [0.1, 0.15) is 34.1 Å². The van der Waals surface area contributed by atoms with Crippen LogP contribution in [0.25, 0.3) is 0 Å². The molecular formula is C11H23NO2. The highest BCUT2D eigenvalue weighted by molar-refractivity contribution is 5.75. The van der Waals surface area contributed by atoms with Crippen molar-refractivity contribution in [2.45, 2.75) is 40.2 Å². The molecule has 1 atom stereocenters. The quantitative estimate of drug-likeness (QED) is 0.666. The van der Waals surface area contributed by atoms with E-state index in [0.29, 0.717) is 11.8 Å². The molecule has 14 heavy (non-hydrogen) atoms. The molecule has 84 valence electrons. The summed E-state index contributed by atoms with van der Waals surface area (Å²) in [5.74, 6) is 0.896. The van der Waals surface area contributed by atoms with Gasteiger partial charge in [0.25, 0.3) is 0 Å². The van der Waals surface area contributed by atoms with Crippen LogP contribution >= 0.6 is 0 Å². The molecule has 0 fully saturated rings. The number of rotatable bonds is 6. The molecule has 0 rings (SSSR count). The van der Waals surface area contributed by atoms with Gasteiger partial charge in [-0.15, -0.1) is 0 Å². The first kappa shape index (κ1) is 13.4. The zero-order valence-electron chi connectivity index (χ0n) is 9.96. The fourth-order valence-corrected chi connectivity index (χ4v) is 1.25. The van der Waals surface area contributed by atoms with E-state index in [1.807, 2.05) is 0 Å². The van der Waals surface area contributed by atoms with E-state index in [-0.39, 0.29) is 12.0 Å². The fourth-order valence-electron chi connectivity index (χ4n) is 1.25. The Labute approximate surface area is 87.2 Å². The Hall–Kier alpha value is -0.570. The van der Waals surface area contributed by atoms with Crippen molar-refractivity contribution in [3.05, 3.63) is 0 Å². The van der Waals surface area contributed by atoms with Gasteiger partial charge in [-0.05, 0) is 24.8 Å². The van der Waals surface area contributed by atoms with Crippen LogP contribution in [-0.4, -0.2) is 25.7 Å². The van der Waals surface area contributed by atoms with Crippen LogP contribution in [0.4, 0.5) is 0 Å². The maximum Gasteiger partial charge on any atom is 0.322 e. The Kier molecular flexibility index (Phi) is 6.54. The van der Waals surface area contributed by atoms with Gasteiger partial charge in [0.15, 0.2) is 0 Å². The molecule has 1 N–H and O–H groups in total. The van der Waals surface area contributed by atoms with Crippen molar-refractivity contribution < 1.29 is 9.53 Å². The first-order chi connectivity index (χ1) is 6.47. The first-order valence-electron chi connectivity index (χ1n) is 5.28. The Morgan fingerprint density at radius 3 is 2.14 bits per heavy atom. The van der Waals surface area contributed by atoms with Gasteiger partial charge in [0, 0.05) is 0 Å². The van der Waals surface area contributed by atoms with Crippen LogP contribution in [0.3, 0.4) is 0 Å². The van der Waals surface area contributed by atoms with Gasteiger partial charge in [0.05, 0.1) is 7.11 Å². The average molecular weight is 201 g/mol. The molecular weight excluding hydrogens is 178 g/mol. The number of methoxy groups -OCH3 is 1. The molecule has 3 nitrogen and oxygen atoms in total. The maximum atomic E-state index is 11.4. The zero-order valence-corrected chi connectivity index (χ0v) is 9.96. The van der Waals surface area contributed by atoms with Crippen LogP contribution in [0.15, 0.2) is 0 Å². The molecule has 0 aromatic heterocycles. The average Bonchev–Trinajstić information content (AvgIpc) is 2.10. The fraction of sp³-hybridized carbons (Fsp3) is 0.909. The number of ether oxygens (including phenoxy) is 1. The summed E-state index contributed by atoms with van der Waals surface area (Å²) in [5.41, 5.74) is 0. The van der Waals surface area contributed by atoms with Crippen LogP contribution < -0.4 is 5.32 Å². The molecule has 0 spiro atoms. The number of nitrogens with one attached hydrogen (secondary N) is 1. The smallest absolute Gasteiger partial charge is 0.322 e. The van der Waals surface area contributed by atoms with Crippen molar-refractivity contribution in [3.63, 3.8) is 0 Å². The second kappa shape index (κ2) is 6.82. The molecule has 0 heterocycles.